The van der Waals surface area contributed by atoms with E-state index in [-0.39, 0.29) is 17.2 Å². The van der Waals surface area contributed by atoms with E-state index in [1.54, 1.807) is 7.11 Å². The van der Waals surface area contributed by atoms with Gasteiger partial charge in [0.15, 0.2) is 0 Å². The Morgan fingerprint density at radius 1 is 0.881 bits per heavy atom. The van der Waals surface area contributed by atoms with Crippen molar-refractivity contribution >= 4 is 30.8 Å². The van der Waals surface area contributed by atoms with E-state index >= 15 is 0 Å². The van der Waals surface area contributed by atoms with Crippen LogP contribution in [-0.4, -0.2) is 39.1 Å². The molecule has 1 heterocycles. The van der Waals surface area contributed by atoms with Crippen molar-refractivity contribution in [1.29, 1.82) is 0 Å². The fourth-order valence-corrected chi connectivity index (χ4v) is 6.81. The molecular formula is C35H36BN3O3. The number of carbonyl (C=O) groups is 2. The molecule has 0 bridgehead atoms. The Morgan fingerprint density at radius 3 is 2.43 bits per heavy atom. The van der Waals surface area contributed by atoms with Gasteiger partial charge in [-0.25, -0.2) is 0 Å². The molecule has 0 aromatic heterocycles. The van der Waals surface area contributed by atoms with E-state index in [9.17, 15) is 9.59 Å². The van der Waals surface area contributed by atoms with Gasteiger partial charge in [0, 0.05) is 42.2 Å². The first-order valence-electron chi connectivity index (χ1n) is 14.8. The van der Waals surface area contributed by atoms with E-state index in [1.807, 2.05) is 89.8 Å². The molecule has 2 N–H and O–H groups in total. The summed E-state index contributed by atoms with van der Waals surface area (Å²) in [6.07, 6.45) is 5.34. The van der Waals surface area contributed by atoms with Gasteiger partial charge in [0.25, 0.3) is 11.8 Å². The molecular weight excluding hydrogens is 521 g/mol. The maximum Gasteiger partial charge on any atom is 0.360 e. The molecule has 2 aliphatic rings. The fourth-order valence-electron chi connectivity index (χ4n) is 6.81. The van der Waals surface area contributed by atoms with Crippen LogP contribution in [0.1, 0.15) is 52.0 Å². The Bertz CT molecular complexity index is 1560. The van der Waals surface area contributed by atoms with Crippen LogP contribution < -0.4 is 15.4 Å². The largest absolute Gasteiger partial charge is 0.427 e. The third-order valence-corrected chi connectivity index (χ3v) is 8.93. The zero-order chi connectivity index (χ0) is 28.9. The van der Waals surface area contributed by atoms with Gasteiger partial charge in [0.2, 0.25) is 0 Å². The highest BCUT2D eigenvalue weighted by atomic mass is 16.4. The van der Waals surface area contributed by atoms with Crippen LogP contribution in [0.25, 0.3) is 11.1 Å². The molecule has 6 nitrogen and oxygen atoms in total. The molecule has 1 saturated carbocycles. The Morgan fingerprint density at radius 2 is 1.62 bits per heavy atom. The average Bonchev–Trinajstić information content (AvgIpc) is 3.34. The number of hydrogen-bond acceptors (Lipinski definition) is 4. The van der Waals surface area contributed by atoms with Gasteiger partial charge in [-0.15, -0.1) is 0 Å². The van der Waals surface area contributed by atoms with E-state index in [2.05, 4.69) is 28.7 Å². The molecule has 212 valence electrons. The highest BCUT2D eigenvalue weighted by molar-refractivity contribution is 6.23. The molecule has 7 heteroatoms. The van der Waals surface area contributed by atoms with Crippen LogP contribution >= 0.6 is 0 Å². The van der Waals surface area contributed by atoms with Gasteiger partial charge in [-0.1, -0.05) is 73.2 Å². The van der Waals surface area contributed by atoms with Gasteiger partial charge in [-0.05, 0) is 84.2 Å². The van der Waals surface area contributed by atoms with Gasteiger partial charge in [0.05, 0.1) is 0 Å². The van der Waals surface area contributed by atoms with Crippen molar-refractivity contribution < 1.29 is 14.2 Å². The van der Waals surface area contributed by atoms with E-state index in [0.717, 1.165) is 42.5 Å². The first-order valence-corrected chi connectivity index (χ1v) is 14.8. The second-order valence-electron chi connectivity index (χ2n) is 11.4. The highest BCUT2D eigenvalue weighted by Gasteiger charge is 2.45. The van der Waals surface area contributed by atoms with Crippen LogP contribution in [0.4, 0.5) is 11.4 Å². The summed E-state index contributed by atoms with van der Waals surface area (Å²) in [5.41, 5.74) is 6.03. The molecule has 4 aromatic carbocycles. The number of rotatable bonds is 7. The number of hydrogen-bond donors (Lipinski definition) is 2. The smallest absolute Gasteiger partial charge is 0.360 e. The first-order chi connectivity index (χ1) is 20.6. The number of amides is 2. The molecule has 1 aliphatic heterocycles. The van der Waals surface area contributed by atoms with Crippen molar-refractivity contribution in [3.05, 3.63) is 120 Å². The second kappa shape index (κ2) is 12.4. The van der Waals surface area contributed by atoms with E-state index < -0.39 is 0 Å². The number of fused-ring (bicyclic) bond motifs is 1. The monoisotopic (exact) mass is 557 g/mol. The molecule has 1 aliphatic carbocycles. The zero-order valence-corrected chi connectivity index (χ0v) is 24.0. The van der Waals surface area contributed by atoms with Crippen LogP contribution in [0.15, 0.2) is 103 Å². The number of carbonyl (C=O) groups excluding carboxylic acids is 2. The number of nitrogens with zero attached hydrogens (tertiary/aromatic N) is 1. The zero-order valence-electron chi connectivity index (χ0n) is 24.0. The molecule has 4 aromatic rings. The van der Waals surface area contributed by atoms with Crippen LogP contribution in [-0.2, 0) is 11.1 Å². The van der Waals surface area contributed by atoms with Gasteiger partial charge < -0.3 is 20.1 Å². The van der Waals surface area contributed by atoms with Crippen LogP contribution in [0.3, 0.4) is 0 Å². The predicted octanol–water partition coefficient (Wildman–Crippen LogP) is 6.24. The summed E-state index contributed by atoms with van der Waals surface area (Å²) in [6, 6.07) is 33.4. The van der Waals surface area contributed by atoms with Crippen molar-refractivity contribution in [1.82, 2.24) is 5.23 Å². The lowest BCUT2D eigenvalue weighted by Crippen LogP contribution is -2.45. The summed E-state index contributed by atoms with van der Waals surface area (Å²) >= 11 is 0. The van der Waals surface area contributed by atoms with E-state index in [1.165, 1.54) is 12.0 Å². The van der Waals surface area contributed by atoms with Crippen molar-refractivity contribution in [3.63, 3.8) is 0 Å². The van der Waals surface area contributed by atoms with Gasteiger partial charge in [-0.2, -0.15) is 0 Å². The molecule has 6 rings (SSSR count). The molecule has 0 radical (unpaired) electrons. The molecule has 2 unspecified atom stereocenters. The Balaban J connectivity index is 1.20. The van der Waals surface area contributed by atoms with Crippen LogP contribution in [0, 0.1) is 5.41 Å². The fraction of sp³-hybridized carbons (Fsp3) is 0.257. The Labute approximate surface area is 248 Å². The van der Waals surface area contributed by atoms with E-state index in [0.29, 0.717) is 37.0 Å². The lowest BCUT2D eigenvalue weighted by Gasteiger charge is -2.35. The number of anilines is 2. The molecule has 42 heavy (non-hydrogen) atoms. The molecule has 1 fully saturated rings. The highest BCUT2D eigenvalue weighted by Crippen LogP contribution is 2.47. The van der Waals surface area contributed by atoms with Crippen molar-refractivity contribution in [2.75, 3.05) is 23.9 Å². The number of para-hydroxylation sites is 1. The minimum Gasteiger partial charge on any atom is -0.427 e. The summed E-state index contributed by atoms with van der Waals surface area (Å²) in [6.45, 7) is 0.662. The summed E-state index contributed by atoms with van der Waals surface area (Å²) in [4.78, 5) is 29.1. The molecule has 2 amide bonds. The standard InChI is InChI=1S/C35H36BN3O3/c1-42-36-38-32-16-9-21-35(32)22-23-39(31-15-8-5-12-27(31)24-35)34(41)26-17-19-28(20-18-26)37-33(40)30-14-7-6-13-29(30)25-10-3-2-4-11-25/h2-8,10-15,17-20,32,36,38H,9,16,21-24H2,1H3,(H,37,40). The summed E-state index contributed by atoms with van der Waals surface area (Å²) in [7, 11) is 2.26. The van der Waals surface area contributed by atoms with Crippen molar-refractivity contribution in [2.24, 2.45) is 5.41 Å². The molecule has 0 saturated heterocycles. The third-order valence-electron chi connectivity index (χ3n) is 8.93. The topological polar surface area (TPSA) is 70.7 Å². The van der Waals surface area contributed by atoms with E-state index in [4.69, 9.17) is 4.65 Å². The number of benzene rings is 4. The summed E-state index contributed by atoms with van der Waals surface area (Å²) in [5.74, 6) is -0.209. The number of nitrogens with one attached hydrogen (secondary N) is 2. The quantitative estimate of drug-likeness (QED) is 0.264. The third kappa shape index (κ3) is 5.63. The molecule has 1 spiro atoms. The minimum atomic E-state index is -0.187. The van der Waals surface area contributed by atoms with Gasteiger partial charge in [0.1, 0.15) is 0 Å². The Kier molecular flexibility index (Phi) is 8.22. The van der Waals surface area contributed by atoms with Crippen molar-refractivity contribution in [3.8, 4) is 11.1 Å². The maximum absolute atomic E-state index is 13.9. The van der Waals surface area contributed by atoms with Gasteiger partial charge in [-0.3, -0.25) is 9.59 Å². The lowest BCUT2D eigenvalue weighted by molar-refractivity contribution is 0.0982. The second-order valence-corrected chi connectivity index (χ2v) is 11.4. The summed E-state index contributed by atoms with van der Waals surface area (Å²) in [5, 5.41) is 6.63. The van der Waals surface area contributed by atoms with Gasteiger partial charge >= 0.3 is 7.62 Å². The normalized spacial score (nSPS) is 19.6. The van der Waals surface area contributed by atoms with Crippen LogP contribution in [0.2, 0.25) is 0 Å². The van der Waals surface area contributed by atoms with Crippen LogP contribution in [0.5, 0.6) is 0 Å². The summed E-state index contributed by atoms with van der Waals surface area (Å²) < 4.78 is 5.34. The molecule has 2 atom stereocenters. The maximum atomic E-state index is 13.9. The predicted molar refractivity (Wildman–Crippen MR) is 170 cm³/mol. The first kappa shape index (κ1) is 27.9. The van der Waals surface area contributed by atoms with Crippen molar-refractivity contribution in [2.45, 2.75) is 38.1 Å². The lowest BCUT2D eigenvalue weighted by atomic mass is 9.74. The minimum absolute atomic E-state index is 0.0220. The SMILES string of the molecule is COBNC1CCCC12CCN(C(=O)c1ccc(NC(=O)c3ccccc3-c3ccccc3)cc1)c1ccccc1C2. The Hall–Kier alpha value is -4.20. The average molecular weight is 558 g/mol.